The monoisotopic (exact) mass is 396 g/mol. The fourth-order valence-electron chi connectivity index (χ4n) is 2.90. The van der Waals surface area contributed by atoms with Crippen molar-refractivity contribution in [1.82, 2.24) is 15.5 Å². The highest BCUT2D eigenvalue weighted by molar-refractivity contribution is 5.86. The summed E-state index contributed by atoms with van der Waals surface area (Å²) in [7, 11) is 3.13. The van der Waals surface area contributed by atoms with Crippen molar-refractivity contribution in [2.24, 2.45) is 0 Å². The minimum atomic E-state index is -0.443. The molecule has 2 amide bonds. The van der Waals surface area contributed by atoms with Crippen molar-refractivity contribution in [3.8, 4) is 11.5 Å². The van der Waals surface area contributed by atoms with Crippen LogP contribution in [-0.4, -0.2) is 30.4 Å². The summed E-state index contributed by atoms with van der Waals surface area (Å²) in [6.07, 6.45) is 0.508. The number of methoxy groups -OCH3 is 2. The largest absolute Gasteiger partial charge is 0.493 e. The summed E-state index contributed by atoms with van der Waals surface area (Å²) >= 11 is 0. The molecular weight excluding hydrogens is 372 g/mol. The third-order valence-corrected chi connectivity index (χ3v) is 4.43. The zero-order valence-corrected chi connectivity index (χ0v) is 16.9. The Morgan fingerprint density at radius 2 is 1.83 bits per heavy atom. The second kappa shape index (κ2) is 9.09. The van der Waals surface area contributed by atoms with E-state index in [-0.39, 0.29) is 6.01 Å². The molecule has 0 saturated heterocycles. The molecule has 0 aliphatic heterocycles. The lowest BCUT2D eigenvalue weighted by molar-refractivity contribution is 0.251. The summed E-state index contributed by atoms with van der Waals surface area (Å²) in [6.45, 7) is 4.39. The van der Waals surface area contributed by atoms with Crippen LogP contribution in [0.3, 0.4) is 0 Å². The van der Waals surface area contributed by atoms with Crippen LogP contribution in [0.1, 0.15) is 28.1 Å². The molecule has 8 heteroatoms. The number of hydrogen-bond donors (Lipinski definition) is 2. The van der Waals surface area contributed by atoms with Gasteiger partial charge in [0.25, 0.3) is 0 Å². The van der Waals surface area contributed by atoms with Crippen molar-refractivity contribution >= 4 is 12.0 Å². The number of hydrogen-bond acceptors (Lipinski definition) is 6. The zero-order valence-electron chi connectivity index (χ0n) is 16.9. The van der Waals surface area contributed by atoms with Crippen LogP contribution in [0.15, 0.2) is 40.8 Å². The maximum absolute atomic E-state index is 12.1. The summed E-state index contributed by atoms with van der Waals surface area (Å²) in [5.41, 5.74) is 4.32. The number of nitrogens with one attached hydrogen (secondary N) is 2. The maximum Gasteiger partial charge on any atom is 0.323 e. The first-order valence-electron chi connectivity index (χ1n) is 9.12. The van der Waals surface area contributed by atoms with Crippen LogP contribution in [0.5, 0.6) is 11.5 Å². The van der Waals surface area contributed by atoms with E-state index < -0.39 is 6.03 Å². The van der Waals surface area contributed by atoms with Crippen LogP contribution >= 0.6 is 0 Å². The fraction of sp³-hybridized carbons (Fsp3) is 0.286. The first kappa shape index (κ1) is 20.2. The van der Waals surface area contributed by atoms with Crippen molar-refractivity contribution in [3.63, 3.8) is 0 Å². The number of carbonyl (C=O) groups excluding carboxylic acids is 1. The molecule has 3 rings (SSSR count). The molecular formula is C21H24N4O4. The minimum Gasteiger partial charge on any atom is -0.493 e. The molecule has 0 saturated carbocycles. The molecule has 0 atom stereocenters. The van der Waals surface area contributed by atoms with Gasteiger partial charge in [0.2, 0.25) is 5.89 Å². The van der Waals surface area contributed by atoms with Crippen molar-refractivity contribution in [2.75, 3.05) is 19.5 Å². The summed E-state index contributed by atoms with van der Waals surface area (Å²) < 4.78 is 16.0. The van der Waals surface area contributed by atoms with Crippen LogP contribution in [0.25, 0.3) is 0 Å². The minimum absolute atomic E-state index is 0.0505. The van der Waals surface area contributed by atoms with E-state index in [0.29, 0.717) is 30.4 Å². The maximum atomic E-state index is 12.1. The second-order valence-corrected chi connectivity index (χ2v) is 6.60. The molecule has 1 heterocycles. The average Bonchev–Trinajstić information content (AvgIpc) is 3.15. The predicted molar refractivity (Wildman–Crippen MR) is 108 cm³/mol. The van der Waals surface area contributed by atoms with Gasteiger partial charge in [-0.25, -0.2) is 4.79 Å². The van der Waals surface area contributed by atoms with Crippen molar-refractivity contribution in [2.45, 2.75) is 26.8 Å². The highest BCUT2D eigenvalue weighted by atomic mass is 16.5. The Balaban J connectivity index is 1.55. The molecule has 2 N–H and O–H groups in total. The number of aromatic nitrogens is 2. The van der Waals surface area contributed by atoms with Gasteiger partial charge in [0.15, 0.2) is 11.5 Å². The predicted octanol–water partition coefficient (Wildman–Crippen LogP) is 3.62. The molecule has 0 aliphatic rings. The van der Waals surface area contributed by atoms with Crippen LogP contribution in [-0.2, 0) is 13.0 Å². The van der Waals surface area contributed by atoms with Gasteiger partial charge in [0, 0.05) is 6.54 Å². The Hall–Kier alpha value is -3.55. The standard InChI is InChI=1S/C21H24N4O4/c1-13-5-7-16(14(2)9-13)11-19-24-25-21(29-19)23-20(26)22-12-15-6-8-17(27-3)18(10-15)28-4/h5-10H,11-12H2,1-4H3,(H2,22,23,25,26). The summed E-state index contributed by atoms with van der Waals surface area (Å²) in [4.78, 5) is 12.1. The van der Waals surface area contributed by atoms with E-state index >= 15 is 0 Å². The number of amides is 2. The van der Waals surface area contributed by atoms with E-state index in [9.17, 15) is 4.79 Å². The number of aryl methyl sites for hydroxylation is 2. The van der Waals surface area contributed by atoms with Gasteiger partial charge < -0.3 is 19.2 Å². The lowest BCUT2D eigenvalue weighted by atomic mass is 10.0. The first-order chi connectivity index (χ1) is 14.0. The van der Waals surface area contributed by atoms with Crippen LogP contribution in [0.4, 0.5) is 10.8 Å². The highest BCUT2D eigenvalue weighted by Crippen LogP contribution is 2.27. The molecule has 0 fully saturated rings. The molecule has 1 aromatic heterocycles. The van der Waals surface area contributed by atoms with Crippen molar-refractivity contribution in [3.05, 3.63) is 64.5 Å². The van der Waals surface area contributed by atoms with Gasteiger partial charge >= 0.3 is 12.0 Å². The van der Waals surface area contributed by atoms with Gasteiger partial charge in [0.05, 0.1) is 20.6 Å². The van der Waals surface area contributed by atoms with Gasteiger partial charge in [-0.1, -0.05) is 34.9 Å². The molecule has 29 heavy (non-hydrogen) atoms. The lowest BCUT2D eigenvalue weighted by Crippen LogP contribution is -2.28. The van der Waals surface area contributed by atoms with Crippen LogP contribution < -0.4 is 20.1 Å². The third-order valence-electron chi connectivity index (χ3n) is 4.43. The molecule has 0 unspecified atom stereocenters. The van der Waals surface area contributed by atoms with Crippen molar-refractivity contribution in [1.29, 1.82) is 0 Å². The fourth-order valence-corrected chi connectivity index (χ4v) is 2.90. The molecule has 0 aliphatic carbocycles. The molecule has 0 bridgehead atoms. The number of benzene rings is 2. The number of carbonyl (C=O) groups is 1. The van der Waals surface area contributed by atoms with Gasteiger partial charge in [-0.15, -0.1) is 5.10 Å². The zero-order chi connectivity index (χ0) is 20.8. The van der Waals surface area contributed by atoms with Crippen molar-refractivity contribution < 1.29 is 18.7 Å². The second-order valence-electron chi connectivity index (χ2n) is 6.60. The number of rotatable bonds is 7. The summed E-state index contributed by atoms with van der Waals surface area (Å²) in [5, 5.41) is 13.2. The number of anilines is 1. The third kappa shape index (κ3) is 5.25. The Labute approximate surface area is 169 Å². The quantitative estimate of drug-likeness (QED) is 0.633. The average molecular weight is 396 g/mol. The first-order valence-corrected chi connectivity index (χ1v) is 9.12. The molecule has 0 radical (unpaired) electrons. The van der Waals surface area contributed by atoms with E-state index in [4.69, 9.17) is 13.9 Å². The van der Waals surface area contributed by atoms with Crippen LogP contribution in [0, 0.1) is 13.8 Å². The van der Waals surface area contributed by atoms with Gasteiger partial charge in [0.1, 0.15) is 0 Å². The normalized spacial score (nSPS) is 10.5. The van der Waals surface area contributed by atoms with E-state index in [0.717, 1.165) is 16.7 Å². The summed E-state index contributed by atoms with van der Waals surface area (Å²) in [5.74, 6) is 1.66. The highest BCUT2D eigenvalue weighted by Gasteiger charge is 2.12. The van der Waals surface area contributed by atoms with Gasteiger partial charge in [-0.2, -0.15) is 0 Å². The van der Waals surface area contributed by atoms with E-state index in [2.05, 4.69) is 26.9 Å². The number of nitrogens with zero attached hydrogens (tertiary/aromatic N) is 2. The number of ether oxygens (including phenoxy) is 2. The number of urea groups is 1. The Morgan fingerprint density at radius 1 is 1.03 bits per heavy atom. The smallest absolute Gasteiger partial charge is 0.323 e. The molecule has 3 aromatic rings. The SMILES string of the molecule is COc1ccc(CNC(=O)Nc2nnc(Cc3ccc(C)cc3C)o2)cc1OC. The lowest BCUT2D eigenvalue weighted by Gasteiger charge is -2.10. The molecule has 8 nitrogen and oxygen atoms in total. The van der Waals surface area contributed by atoms with Gasteiger partial charge in [-0.05, 0) is 42.7 Å². The Morgan fingerprint density at radius 3 is 2.55 bits per heavy atom. The molecule has 0 spiro atoms. The molecule has 2 aromatic carbocycles. The van der Waals surface area contributed by atoms with Crippen LogP contribution in [0.2, 0.25) is 0 Å². The Kier molecular flexibility index (Phi) is 6.33. The van der Waals surface area contributed by atoms with E-state index in [1.165, 1.54) is 5.56 Å². The topological polar surface area (TPSA) is 98.5 Å². The van der Waals surface area contributed by atoms with E-state index in [1.54, 1.807) is 26.4 Å². The molecule has 152 valence electrons. The van der Waals surface area contributed by atoms with E-state index in [1.807, 2.05) is 32.0 Å². The summed E-state index contributed by atoms with van der Waals surface area (Å²) in [6, 6.07) is 11.2. The Bertz CT molecular complexity index is 1000. The van der Waals surface area contributed by atoms with Gasteiger partial charge in [-0.3, -0.25) is 5.32 Å².